The largest absolute Gasteiger partial charge is 0.368 e. The van der Waals surface area contributed by atoms with Gasteiger partial charge in [-0.05, 0) is 43.7 Å². The highest BCUT2D eigenvalue weighted by Gasteiger charge is 2.31. The summed E-state index contributed by atoms with van der Waals surface area (Å²) in [6.45, 7) is 2.93. The Morgan fingerprint density at radius 1 is 1.07 bits per heavy atom. The van der Waals surface area contributed by atoms with E-state index in [1.165, 1.54) is 0 Å². The quantitative estimate of drug-likeness (QED) is 0.868. The van der Waals surface area contributed by atoms with Gasteiger partial charge in [0.1, 0.15) is 6.10 Å². The second kappa shape index (κ2) is 8.76. The maximum Gasteiger partial charge on any atom is 0.254 e. The zero-order chi connectivity index (χ0) is 20.2. The van der Waals surface area contributed by atoms with Crippen molar-refractivity contribution in [2.45, 2.75) is 25.0 Å². The number of hydrogen-bond acceptors (Lipinski definition) is 4. The van der Waals surface area contributed by atoms with Crippen LogP contribution in [0, 0.1) is 0 Å². The molecule has 0 bridgehead atoms. The third-order valence-electron chi connectivity index (χ3n) is 5.63. The summed E-state index contributed by atoms with van der Waals surface area (Å²) >= 11 is 0. The molecule has 152 valence electrons. The summed E-state index contributed by atoms with van der Waals surface area (Å²) in [5.74, 6) is -0.158. The molecule has 0 spiro atoms. The van der Waals surface area contributed by atoms with E-state index in [0.717, 1.165) is 31.5 Å². The fraction of sp³-hybridized carbons (Fsp3) is 0.391. The zero-order valence-corrected chi connectivity index (χ0v) is 16.7. The van der Waals surface area contributed by atoms with Gasteiger partial charge in [-0.2, -0.15) is 0 Å². The van der Waals surface area contributed by atoms with Crippen molar-refractivity contribution in [3.63, 3.8) is 0 Å². The number of amides is 2. The van der Waals surface area contributed by atoms with Gasteiger partial charge in [-0.3, -0.25) is 9.59 Å². The summed E-state index contributed by atoms with van der Waals surface area (Å²) in [6.07, 6.45) is 1.25. The van der Waals surface area contributed by atoms with Crippen LogP contribution in [-0.2, 0) is 9.53 Å². The molecule has 6 nitrogen and oxygen atoms in total. The first-order valence-corrected chi connectivity index (χ1v) is 10.2. The minimum atomic E-state index is -0.394. The van der Waals surface area contributed by atoms with Gasteiger partial charge in [-0.15, -0.1) is 0 Å². The molecule has 29 heavy (non-hydrogen) atoms. The molecule has 2 aliphatic rings. The Hall–Kier alpha value is -2.70. The minimum Gasteiger partial charge on any atom is -0.368 e. The Bertz CT molecular complexity index is 865. The monoisotopic (exact) mass is 393 g/mol. The first-order valence-electron chi connectivity index (χ1n) is 10.2. The molecule has 2 amide bonds. The summed E-state index contributed by atoms with van der Waals surface area (Å²) in [6, 6.07) is 17.3. The van der Waals surface area contributed by atoms with Crippen LogP contribution >= 0.6 is 0 Å². The number of hydrogen-bond donors (Lipinski definition) is 1. The molecule has 0 saturated carbocycles. The SMILES string of the molecule is CN1CCN(C(=O)c2cccc(NC(=O)[C@@H]3CCCO3)c2)[C@@H](c2ccccc2)C1. The van der Waals surface area contributed by atoms with E-state index in [4.69, 9.17) is 4.74 Å². The van der Waals surface area contributed by atoms with Gasteiger partial charge in [0.2, 0.25) is 0 Å². The molecular formula is C23H27N3O3. The van der Waals surface area contributed by atoms with Crippen LogP contribution < -0.4 is 5.32 Å². The molecule has 2 aromatic rings. The number of anilines is 1. The highest BCUT2D eigenvalue weighted by atomic mass is 16.5. The van der Waals surface area contributed by atoms with Gasteiger partial charge in [0, 0.05) is 37.5 Å². The van der Waals surface area contributed by atoms with Crippen molar-refractivity contribution in [2.75, 3.05) is 38.6 Å². The lowest BCUT2D eigenvalue weighted by atomic mass is 10.0. The average molecular weight is 393 g/mol. The van der Waals surface area contributed by atoms with E-state index in [1.807, 2.05) is 41.3 Å². The van der Waals surface area contributed by atoms with E-state index in [9.17, 15) is 9.59 Å². The van der Waals surface area contributed by atoms with E-state index in [2.05, 4.69) is 29.4 Å². The number of nitrogens with one attached hydrogen (secondary N) is 1. The van der Waals surface area contributed by atoms with Crippen LogP contribution in [0.4, 0.5) is 5.69 Å². The van der Waals surface area contributed by atoms with E-state index in [1.54, 1.807) is 6.07 Å². The topological polar surface area (TPSA) is 61.9 Å². The first-order chi connectivity index (χ1) is 14.1. The Balaban J connectivity index is 1.52. The lowest BCUT2D eigenvalue weighted by molar-refractivity contribution is -0.124. The van der Waals surface area contributed by atoms with Gasteiger partial charge in [0.15, 0.2) is 0 Å². The standard InChI is InChI=1S/C23H27N3O3/c1-25-12-13-26(20(16-25)17-7-3-2-4-8-17)23(28)18-9-5-10-19(15-18)24-22(27)21-11-6-14-29-21/h2-5,7-10,15,20-21H,6,11-14,16H2,1H3,(H,24,27)/t20-,21+/m1/s1. The molecular weight excluding hydrogens is 366 g/mol. The molecule has 2 heterocycles. The van der Waals surface area contributed by atoms with Crippen LogP contribution in [0.2, 0.25) is 0 Å². The Labute approximate surface area is 171 Å². The number of piperazine rings is 1. The number of nitrogens with zero attached hydrogens (tertiary/aromatic N) is 2. The Morgan fingerprint density at radius 2 is 1.90 bits per heavy atom. The molecule has 2 atom stereocenters. The van der Waals surface area contributed by atoms with Crippen LogP contribution in [0.1, 0.15) is 34.8 Å². The summed E-state index contributed by atoms with van der Waals surface area (Å²) in [5.41, 5.74) is 2.35. The number of likely N-dealkylation sites (N-methyl/N-ethyl adjacent to an activating group) is 1. The Morgan fingerprint density at radius 3 is 2.66 bits per heavy atom. The first kappa shape index (κ1) is 19.6. The fourth-order valence-corrected chi connectivity index (χ4v) is 4.03. The van der Waals surface area contributed by atoms with E-state index in [0.29, 0.717) is 24.4 Å². The van der Waals surface area contributed by atoms with Crippen molar-refractivity contribution in [2.24, 2.45) is 0 Å². The number of rotatable bonds is 4. The van der Waals surface area contributed by atoms with Crippen LogP contribution in [0.5, 0.6) is 0 Å². The summed E-state index contributed by atoms with van der Waals surface area (Å²) < 4.78 is 5.44. The van der Waals surface area contributed by atoms with Crippen molar-refractivity contribution < 1.29 is 14.3 Å². The molecule has 4 rings (SSSR count). The predicted molar refractivity (Wildman–Crippen MR) is 112 cm³/mol. The molecule has 2 aromatic carbocycles. The number of benzene rings is 2. The third kappa shape index (κ3) is 4.49. The number of carbonyl (C=O) groups excluding carboxylic acids is 2. The van der Waals surface area contributed by atoms with Crippen molar-refractivity contribution in [1.29, 1.82) is 0 Å². The van der Waals surface area contributed by atoms with Gasteiger partial charge >= 0.3 is 0 Å². The van der Waals surface area contributed by atoms with Crippen LogP contribution in [0.15, 0.2) is 54.6 Å². The minimum absolute atomic E-state index is 0.00702. The van der Waals surface area contributed by atoms with E-state index < -0.39 is 6.10 Å². The van der Waals surface area contributed by atoms with Gasteiger partial charge in [0.05, 0.1) is 6.04 Å². The molecule has 2 aliphatic heterocycles. The molecule has 0 aromatic heterocycles. The highest BCUT2D eigenvalue weighted by Crippen LogP contribution is 2.27. The fourth-order valence-electron chi connectivity index (χ4n) is 4.03. The van der Waals surface area contributed by atoms with E-state index >= 15 is 0 Å². The summed E-state index contributed by atoms with van der Waals surface area (Å²) in [5, 5.41) is 2.89. The maximum atomic E-state index is 13.4. The number of ether oxygens (including phenoxy) is 1. The van der Waals surface area contributed by atoms with Crippen LogP contribution in [0.3, 0.4) is 0 Å². The van der Waals surface area contributed by atoms with Gasteiger partial charge in [-0.25, -0.2) is 0 Å². The molecule has 2 saturated heterocycles. The zero-order valence-electron chi connectivity index (χ0n) is 16.7. The summed E-state index contributed by atoms with van der Waals surface area (Å²) in [7, 11) is 2.08. The normalized spacial score (nSPS) is 22.4. The lowest BCUT2D eigenvalue weighted by Gasteiger charge is -2.40. The van der Waals surface area contributed by atoms with Crippen molar-refractivity contribution in [1.82, 2.24) is 9.80 Å². The molecule has 2 fully saturated rings. The van der Waals surface area contributed by atoms with Crippen LogP contribution in [-0.4, -0.2) is 61.0 Å². The predicted octanol–water partition coefficient (Wildman–Crippen LogP) is 2.93. The molecule has 0 radical (unpaired) electrons. The maximum absolute atomic E-state index is 13.4. The lowest BCUT2D eigenvalue weighted by Crippen LogP contribution is -2.49. The smallest absolute Gasteiger partial charge is 0.254 e. The molecule has 6 heteroatoms. The Kier molecular flexibility index (Phi) is 5.92. The van der Waals surface area contributed by atoms with Gasteiger partial charge < -0.3 is 19.9 Å². The highest BCUT2D eigenvalue weighted by molar-refractivity contribution is 5.98. The van der Waals surface area contributed by atoms with Crippen molar-refractivity contribution in [3.8, 4) is 0 Å². The van der Waals surface area contributed by atoms with Crippen LogP contribution in [0.25, 0.3) is 0 Å². The third-order valence-corrected chi connectivity index (χ3v) is 5.63. The second-order valence-corrected chi connectivity index (χ2v) is 7.76. The van der Waals surface area contributed by atoms with Gasteiger partial charge in [-0.1, -0.05) is 36.4 Å². The van der Waals surface area contributed by atoms with E-state index in [-0.39, 0.29) is 17.9 Å². The van der Waals surface area contributed by atoms with Crippen molar-refractivity contribution in [3.05, 3.63) is 65.7 Å². The van der Waals surface area contributed by atoms with Crippen molar-refractivity contribution >= 4 is 17.5 Å². The van der Waals surface area contributed by atoms with Gasteiger partial charge in [0.25, 0.3) is 11.8 Å². The molecule has 0 aliphatic carbocycles. The number of carbonyl (C=O) groups is 2. The summed E-state index contributed by atoms with van der Waals surface area (Å²) in [4.78, 5) is 29.9. The molecule has 1 N–H and O–H groups in total. The molecule has 0 unspecified atom stereocenters. The average Bonchev–Trinajstić information content (AvgIpc) is 3.29. The second-order valence-electron chi connectivity index (χ2n) is 7.76.